The Hall–Kier alpha value is -2.92. The average molecular weight is 389 g/mol. The molecule has 5 heteroatoms. The highest BCUT2D eigenvalue weighted by atomic mass is 32.2. The fraction of sp³-hybridized carbons (Fsp3) is 0.130. The van der Waals surface area contributed by atoms with Crippen molar-refractivity contribution >= 4 is 11.8 Å². The second-order valence-electron chi connectivity index (χ2n) is 6.71. The van der Waals surface area contributed by atoms with Gasteiger partial charge in [-0.2, -0.15) is 0 Å². The number of hydrogen-bond donors (Lipinski definition) is 0. The van der Waals surface area contributed by atoms with E-state index in [1.54, 1.807) is 23.9 Å². The van der Waals surface area contributed by atoms with Gasteiger partial charge in [0, 0.05) is 11.3 Å². The van der Waals surface area contributed by atoms with Crippen molar-refractivity contribution in [3.05, 3.63) is 95.3 Å². The van der Waals surface area contributed by atoms with Gasteiger partial charge in [-0.05, 0) is 55.3 Å². The van der Waals surface area contributed by atoms with Gasteiger partial charge < -0.3 is 0 Å². The standard InChI is InChI=1S/C23H20FN3S/c1-16-7-9-18(10-8-16)15-28-23-26-25-22(19-11-13-20(24)14-12-19)27(23)21-6-4-3-5-17(21)2/h3-14H,15H2,1-2H3. The van der Waals surface area contributed by atoms with Gasteiger partial charge in [0.05, 0.1) is 5.69 Å². The Labute approximate surface area is 168 Å². The molecule has 3 aromatic carbocycles. The highest BCUT2D eigenvalue weighted by molar-refractivity contribution is 7.98. The fourth-order valence-corrected chi connectivity index (χ4v) is 3.91. The van der Waals surface area contributed by atoms with Crippen molar-refractivity contribution in [1.29, 1.82) is 0 Å². The molecular weight excluding hydrogens is 369 g/mol. The monoisotopic (exact) mass is 389 g/mol. The Morgan fingerprint density at radius 3 is 2.29 bits per heavy atom. The lowest BCUT2D eigenvalue weighted by Crippen LogP contribution is -2.02. The molecule has 0 unspecified atom stereocenters. The molecule has 1 aromatic heterocycles. The Morgan fingerprint density at radius 2 is 1.57 bits per heavy atom. The molecule has 0 saturated heterocycles. The summed E-state index contributed by atoms with van der Waals surface area (Å²) in [6.45, 7) is 4.15. The molecule has 0 N–H and O–H groups in total. The molecule has 4 rings (SSSR count). The van der Waals surface area contributed by atoms with E-state index in [9.17, 15) is 4.39 Å². The van der Waals surface area contributed by atoms with Gasteiger partial charge in [0.1, 0.15) is 5.82 Å². The van der Waals surface area contributed by atoms with Crippen molar-refractivity contribution in [2.45, 2.75) is 24.8 Å². The lowest BCUT2D eigenvalue weighted by Gasteiger charge is -2.13. The molecule has 0 aliphatic heterocycles. The first-order chi connectivity index (χ1) is 13.6. The summed E-state index contributed by atoms with van der Waals surface area (Å²) in [6.07, 6.45) is 0. The number of benzene rings is 3. The minimum Gasteiger partial charge on any atom is -0.270 e. The molecule has 0 fully saturated rings. The first-order valence-electron chi connectivity index (χ1n) is 9.07. The summed E-state index contributed by atoms with van der Waals surface area (Å²) >= 11 is 1.64. The van der Waals surface area contributed by atoms with E-state index >= 15 is 0 Å². The number of thioether (sulfide) groups is 1. The molecule has 28 heavy (non-hydrogen) atoms. The van der Waals surface area contributed by atoms with Crippen molar-refractivity contribution in [3.63, 3.8) is 0 Å². The molecule has 3 nitrogen and oxygen atoms in total. The average Bonchev–Trinajstić information content (AvgIpc) is 3.12. The van der Waals surface area contributed by atoms with Crippen molar-refractivity contribution in [2.75, 3.05) is 0 Å². The summed E-state index contributed by atoms with van der Waals surface area (Å²) in [7, 11) is 0. The van der Waals surface area contributed by atoms with E-state index in [-0.39, 0.29) is 5.82 Å². The van der Waals surface area contributed by atoms with Crippen molar-refractivity contribution < 1.29 is 4.39 Å². The minimum atomic E-state index is -0.264. The number of aromatic nitrogens is 3. The molecule has 0 saturated carbocycles. The molecule has 0 spiro atoms. The van der Waals surface area contributed by atoms with Crippen LogP contribution in [0.5, 0.6) is 0 Å². The van der Waals surface area contributed by atoms with E-state index in [1.807, 2.05) is 12.1 Å². The lowest BCUT2D eigenvalue weighted by atomic mass is 10.1. The van der Waals surface area contributed by atoms with Crippen LogP contribution in [0.2, 0.25) is 0 Å². The van der Waals surface area contributed by atoms with Crippen LogP contribution < -0.4 is 0 Å². The molecule has 0 aliphatic carbocycles. The van der Waals surface area contributed by atoms with E-state index < -0.39 is 0 Å². The van der Waals surface area contributed by atoms with Crippen LogP contribution in [0, 0.1) is 19.7 Å². The number of hydrogen-bond acceptors (Lipinski definition) is 3. The summed E-state index contributed by atoms with van der Waals surface area (Å²) in [4.78, 5) is 0. The van der Waals surface area contributed by atoms with E-state index in [2.05, 4.69) is 65.0 Å². The van der Waals surface area contributed by atoms with Gasteiger partial charge in [0.25, 0.3) is 0 Å². The van der Waals surface area contributed by atoms with Gasteiger partial charge in [-0.3, -0.25) is 4.57 Å². The largest absolute Gasteiger partial charge is 0.270 e. The van der Waals surface area contributed by atoms with Crippen LogP contribution in [0.3, 0.4) is 0 Å². The number of halogens is 1. The highest BCUT2D eigenvalue weighted by Gasteiger charge is 2.17. The summed E-state index contributed by atoms with van der Waals surface area (Å²) in [5.41, 5.74) is 5.47. The van der Waals surface area contributed by atoms with Crippen molar-refractivity contribution in [2.24, 2.45) is 0 Å². The molecule has 0 radical (unpaired) electrons. The maximum atomic E-state index is 13.4. The summed E-state index contributed by atoms with van der Waals surface area (Å²) in [5, 5.41) is 9.69. The quantitative estimate of drug-likeness (QED) is 0.393. The van der Waals surface area contributed by atoms with Crippen LogP contribution in [0.15, 0.2) is 78.0 Å². The van der Waals surface area contributed by atoms with Gasteiger partial charge in [0.15, 0.2) is 11.0 Å². The molecule has 0 atom stereocenters. The van der Waals surface area contributed by atoms with Gasteiger partial charge in [-0.1, -0.05) is 59.8 Å². The zero-order chi connectivity index (χ0) is 19.5. The van der Waals surface area contributed by atoms with E-state index in [4.69, 9.17) is 0 Å². The van der Waals surface area contributed by atoms with Crippen LogP contribution in [-0.2, 0) is 5.75 Å². The maximum Gasteiger partial charge on any atom is 0.196 e. The van der Waals surface area contributed by atoms with Gasteiger partial charge in [-0.25, -0.2) is 4.39 Å². The summed E-state index contributed by atoms with van der Waals surface area (Å²) in [5.74, 6) is 1.24. The van der Waals surface area contributed by atoms with Crippen molar-refractivity contribution in [1.82, 2.24) is 14.8 Å². The Balaban J connectivity index is 1.75. The second-order valence-corrected chi connectivity index (χ2v) is 7.65. The summed E-state index contributed by atoms with van der Waals surface area (Å²) in [6, 6.07) is 23.0. The van der Waals surface area contributed by atoms with E-state index in [0.717, 1.165) is 27.7 Å². The molecule has 0 amide bonds. The maximum absolute atomic E-state index is 13.4. The van der Waals surface area contributed by atoms with Gasteiger partial charge >= 0.3 is 0 Å². The van der Waals surface area contributed by atoms with Crippen LogP contribution in [0.1, 0.15) is 16.7 Å². The SMILES string of the molecule is Cc1ccc(CSc2nnc(-c3ccc(F)cc3)n2-c2ccccc2C)cc1. The molecule has 4 aromatic rings. The van der Waals surface area contributed by atoms with E-state index in [0.29, 0.717) is 5.82 Å². The Morgan fingerprint density at radius 1 is 0.857 bits per heavy atom. The Bertz CT molecular complexity index is 1090. The zero-order valence-corrected chi connectivity index (χ0v) is 16.6. The Kier molecular flexibility index (Phi) is 5.26. The summed E-state index contributed by atoms with van der Waals surface area (Å²) < 4.78 is 15.4. The van der Waals surface area contributed by atoms with Crippen LogP contribution in [-0.4, -0.2) is 14.8 Å². The topological polar surface area (TPSA) is 30.7 Å². The minimum absolute atomic E-state index is 0.264. The second kappa shape index (κ2) is 7.98. The predicted molar refractivity (Wildman–Crippen MR) is 112 cm³/mol. The smallest absolute Gasteiger partial charge is 0.196 e. The number of rotatable bonds is 5. The molecule has 140 valence electrons. The zero-order valence-electron chi connectivity index (χ0n) is 15.8. The highest BCUT2D eigenvalue weighted by Crippen LogP contribution is 2.31. The third-order valence-corrected chi connectivity index (χ3v) is 5.58. The molecular formula is C23H20FN3S. The normalized spacial score (nSPS) is 11.0. The third kappa shape index (κ3) is 3.85. The first kappa shape index (κ1) is 18.4. The van der Waals surface area contributed by atoms with Gasteiger partial charge in [-0.15, -0.1) is 10.2 Å². The van der Waals surface area contributed by atoms with Crippen LogP contribution in [0.4, 0.5) is 4.39 Å². The number of para-hydroxylation sites is 1. The van der Waals surface area contributed by atoms with Gasteiger partial charge in [0.2, 0.25) is 0 Å². The molecule has 0 aliphatic rings. The number of nitrogens with zero attached hydrogens (tertiary/aromatic N) is 3. The molecule has 1 heterocycles. The fourth-order valence-electron chi connectivity index (χ4n) is 3.01. The first-order valence-corrected chi connectivity index (χ1v) is 10.1. The van der Waals surface area contributed by atoms with Crippen LogP contribution >= 0.6 is 11.8 Å². The third-order valence-electron chi connectivity index (χ3n) is 4.58. The van der Waals surface area contributed by atoms with E-state index in [1.165, 1.54) is 23.3 Å². The lowest BCUT2D eigenvalue weighted by molar-refractivity contribution is 0.628. The number of aryl methyl sites for hydroxylation is 2. The molecule has 0 bridgehead atoms. The van der Waals surface area contributed by atoms with Crippen LogP contribution in [0.25, 0.3) is 17.1 Å². The predicted octanol–water partition coefficient (Wildman–Crippen LogP) is 5.98. The van der Waals surface area contributed by atoms with Crippen molar-refractivity contribution in [3.8, 4) is 17.1 Å².